The van der Waals surface area contributed by atoms with E-state index in [9.17, 15) is 0 Å². The zero-order valence-corrected chi connectivity index (χ0v) is 12.6. The van der Waals surface area contributed by atoms with Gasteiger partial charge in [-0.3, -0.25) is 0 Å². The zero-order chi connectivity index (χ0) is 14.5. The summed E-state index contributed by atoms with van der Waals surface area (Å²) in [5.41, 5.74) is 0. The van der Waals surface area contributed by atoms with Crippen molar-refractivity contribution in [2.45, 2.75) is 70.3 Å². The fourth-order valence-corrected chi connectivity index (χ4v) is 3.20. The molecule has 0 aromatic rings. The molecule has 0 amide bonds. The van der Waals surface area contributed by atoms with Gasteiger partial charge in [-0.1, -0.05) is 6.08 Å². The van der Waals surface area contributed by atoms with Crippen molar-refractivity contribution < 1.29 is 23.7 Å². The first kappa shape index (κ1) is 14.5. The van der Waals surface area contributed by atoms with Gasteiger partial charge in [0.1, 0.15) is 12.2 Å². The van der Waals surface area contributed by atoms with Crippen molar-refractivity contribution in [1.29, 1.82) is 0 Å². The first-order valence-electron chi connectivity index (χ1n) is 7.25. The van der Waals surface area contributed by atoms with Crippen LogP contribution < -0.4 is 0 Å². The molecule has 3 saturated heterocycles. The molecule has 20 heavy (non-hydrogen) atoms. The smallest absolute Gasteiger partial charge is 0.190 e. The van der Waals surface area contributed by atoms with Gasteiger partial charge in [-0.15, -0.1) is 6.58 Å². The molecule has 0 aliphatic carbocycles. The quantitative estimate of drug-likeness (QED) is 0.728. The molecule has 0 N–H and O–H groups in total. The van der Waals surface area contributed by atoms with Gasteiger partial charge < -0.3 is 23.7 Å². The minimum absolute atomic E-state index is 0.0825. The molecule has 3 heterocycles. The Labute approximate surface area is 120 Å². The van der Waals surface area contributed by atoms with Crippen molar-refractivity contribution in [3.8, 4) is 0 Å². The van der Waals surface area contributed by atoms with E-state index in [1.54, 1.807) is 0 Å². The van der Waals surface area contributed by atoms with E-state index in [4.69, 9.17) is 23.7 Å². The van der Waals surface area contributed by atoms with E-state index in [1.807, 2.05) is 33.8 Å². The first-order chi connectivity index (χ1) is 9.31. The molecule has 5 atom stereocenters. The summed E-state index contributed by atoms with van der Waals surface area (Å²) in [5, 5.41) is 0. The Balaban J connectivity index is 1.84. The van der Waals surface area contributed by atoms with Crippen LogP contribution in [0.5, 0.6) is 0 Å². The molecule has 114 valence electrons. The molecule has 0 unspecified atom stereocenters. The fourth-order valence-electron chi connectivity index (χ4n) is 3.20. The van der Waals surface area contributed by atoms with Crippen LogP contribution in [0.15, 0.2) is 12.7 Å². The lowest BCUT2D eigenvalue weighted by Crippen LogP contribution is -2.42. The molecule has 0 spiro atoms. The van der Waals surface area contributed by atoms with Gasteiger partial charge in [0.15, 0.2) is 17.9 Å². The highest BCUT2D eigenvalue weighted by Crippen LogP contribution is 2.44. The first-order valence-corrected chi connectivity index (χ1v) is 7.25. The second kappa shape index (κ2) is 4.78. The molecule has 5 nitrogen and oxygen atoms in total. The summed E-state index contributed by atoms with van der Waals surface area (Å²) in [5.74, 6) is -1.07. The molecule has 0 saturated carbocycles. The fraction of sp³-hybridized carbons (Fsp3) is 0.867. The molecule has 0 aromatic heterocycles. The summed E-state index contributed by atoms with van der Waals surface area (Å²) in [4.78, 5) is 0. The van der Waals surface area contributed by atoms with Crippen molar-refractivity contribution in [3.05, 3.63) is 12.7 Å². The lowest BCUT2D eigenvalue weighted by molar-refractivity contribution is -0.253. The van der Waals surface area contributed by atoms with Gasteiger partial charge in [0.2, 0.25) is 0 Å². The molecular formula is C15H24O5. The van der Waals surface area contributed by atoms with Crippen LogP contribution in [0, 0.1) is 5.92 Å². The van der Waals surface area contributed by atoms with Crippen molar-refractivity contribution in [1.82, 2.24) is 0 Å². The number of fused-ring (bicyclic) bond motifs is 3. The number of hydrogen-bond acceptors (Lipinski definition) is 5. The predicted molar refractivity (Wildman–Crippen MR) is 71.9 cm³/mol. The maximum absolute atomic E-state index is 6.12. The summed E-state index contributed by atoms with van der Waals surface area (Å²) >= 11 is 0. The minimum atomic E-state index is -0.646. The monoisotopic (exact) mass is 284 g/mol. The number of allylic oxidation sites excluding steroid dienone is 1. The zero-order valence-electron chi connectivity index (χ0n) is 12.6. The second-order valence-electron chi connectivity index (χ2n) is 6.65. The Kier molecular flexibility index (Phi) is 3.46. The molecule has 0 aromatic carbocycles. The Bertz CT molecular complexity index is 392. The third-order valence-electron chi connectivity index (χ3n) is 4.03. The molecule has 0 radical (unpaired) electrons. The molecule has 0 bridgehead atoms. The van der Waals surface area contributed by atoms with Gasteiger partial charge in [-0.05, 0) is 34.1 Å². The minimum Gasteiger partial charge on any atom is -0.350 e. The second-order valence-corrected chi connectivity index (χ2v) is 6.65. The van der Waals surface area contributed by atoms with Crippen LogP contribution in [0.3, 0.4) is 0 Å². The number of rotatable bonds is 2. The van der Waals surface area contributed by atoms with Gasteiger partial charge in [-0.2, -0.15) is 0 Å². The summed E-state index contributed by atoms with van der Waals surface area (Å²) in [7, 11) is 0. The standard InChI is InChI=1S/C15H24O5/c1-6-7-9-8-16-14(2,3)18-11-10(9)17-13-12(11)19-15(4,5)20-13/h6,9-13H,1,7-8H2,2-5H3/t9-,10+,11+,12+,13+/m0/s1. The molecule has 3 aliphatic rings. The highest BCUT2D eigenvalue weighted by atomic mass is 16.8. The average Bonchev–Trinajstić information content (AvgIpc) is 2.74. The maximum atomic E-state index is 6.12. The highest BCUT2D eigenvalue weighted by molar-refractivity contribution is 4.99. The van der Waals surface area contributed by atoms with Crippen LogP contribution in [0.1, 0.15) is 34.1 Å². The van der Waals surface area contributed by atoms with E-state index in [0.29, 0.717) is 6.61 Å². The Morgan fingerprint density at radius 1 is 1.00 bits per heavy atom. The van der Waals surface area contributed by atoms with Crippen LogP contribution in [0.4, 0.5) is 0 Å². The van der Waals surface area contributed by atoms with Crippen molar-refractivity contribution in [3.63, 3.8) is 0 Å². The van der Waals surface area contributed by atoms with E-state index in [0.717, 1.165) is 6.42 Å². The van der Waals surface area contributed by atoms with E-state index < -0.39 is 11.6 Å². The Morgan fingerprint density at radius 2 is 1.70 bits per heavy atom. The van der Waals surface area contributed by atoms with E-state index in [2.05, 4.69) is 6.58 Å². The van der Waals surface area contributed by atoms with E-state index in [1.165, 1.54) is 0 Å². The van der Waals surface area contributed by atoms with Crippen LogP contribution in [-0.2, 0) is 23.7 Å². The number of ether oxygens (including phenoxy) is 5. The number of hydrogen-bond donors (Lipinski definition) is 0. The van der Waals surface area contributed by atoms with Crippen LogP contribution in [0.2, 0.25) is 0 Å². The van der Waals surface area contributed by atoms with E-state index >= 15 is 0 Å². The van der Waals surface area contributed by atoms with Crippen molar-refractivity contribution in [2.75, 3.05) is 6.61 Å². The summed E-state index contributed by atoms with van der Waals surface area (Å²) < 4.78 is 29.8. The summed E-state index contributed by atoms with van der Waals surface area (Å²) in [6, 6.07) is 0. The third-order valence-corrected chi connectivity index (χ3v) is 4.03. The molecule has 3 aliphatic heterocycles. The Morgan fingerprint density at radius 3 is 2.40 bits per heavy atom. The van der Waals surface area contributed by atoms with E-state index in [-0.39, 0.29) is 30.5 Å². The van der Waals surface area contributed by atoms with Crippen LogP contribution in [0.25, 0.3) is 0 Å². The average molecular weight is 284 g/mol. The predicted octanol–water partition coefficient (Wildman–Crippen LogP) is 2.21. The highest BCUT2D eigenvalue weighted by Gasteiger charge is 2.59. The molecule has 3 fully saturated rings. The van der Waals surface area contributed by atoms with Crippen molar-refractivity contribution in [2.24, 2.45) is 5.92 Å². The van der Waals surface area contributed by atoms with Gasteiger partial charge in [-0.25, -0.2) is 0 Å². The lowest BCUT2D eigenvalue weighted by Gasteiger charge is -2.30. The summed E-state index contributed by atoms with van der Waals surface area (Å²) in [6.45, 7) is 12.0. The van der Waals surface area contributed by atoms with Gasteiger partial charge in [0.25, 0.3) is 0 Å². The van der Waals surface area contributed by atoms with Crippen LogP contribution >= 0.6 is 0 Å². The molecule has 5 heteroatoms. The van der Waals surface area contributed by atoms with Crippen LogP contribution in [-0.4, -0.2) is 42.8 Å². The Hall–Kier alpha value is -0.460. The lowest BCUT2D eigenvalue weighted by atomic mass is 9.94. The normalized spacial score (nSPS) is 45.5. The van der Waals surface area contributed by atoms with Crippen molar-refractivity contribution >= 4 is 0 Å². The third kappa shape index (κ3) is 2.53. The maximum Gasteiger partial charge on any atom is 0.190 e. The topological polar surface area (TPSA) is 46.2 Å². The van der Waals surface area contributed by atoms with Gasteiger partial charge in [0.05, 0.1) is 12.7 Å². The molecule has 3 rings (SSSR count). The SMILES string of the molecule is C=CC[C@H]1COC(C)(C)O[C@@H]2[C@@H]1O[C@@H]1OC(C)(C)O[C@@H]12. The summed E-state index contributed by atoms with van der Waals surface area (Å²) in [6.07, 6.45) is 1.89. The largest absolute Gasteiger partial charge is 0.350 e. The van der Waals surface area contributed by atoms with Gasteiger partial charge in [0, 0.05) is 5.92 Å². The molecular weight excluding hydrogens is 260 g/mol. The van der Waals surface area contributed by atoms with Gasteiger partial charge >= 0.3 is 0 Å².